The zero-order valence-corrected chi connectivity index (χ0v) is 9.74. The van der Waals surface area contributed by atoms with Crippen LogP contribution in [0.1, 0.15) is 17.3 Å². The third-order valence-electron chi connectivity index (χ3n) is 2.33. The van der Waals surface area contributed by atoms with E-state index in [1.165, 1.54) is 18.3 Å². The summed E-state index contributed by atoms with van der Waals surface area (Å²) in [5.41, 5.74) is 3.82. The first-order valence-electron chi connectivity index (χ1n) is 5.43. The van der Waals surface area contributed by atoms with E-state index in [2.05, 4.69) is 15.7 Å². The van der Waals surface area contributed by atoms with E-state index in [-0.39, 0.29) is 5.82 Å². The van der Waals surface area contributed by atoms with Crippen molar-refractivity contribution in [1.82, 2.24) is 15.7 Å². The van der Waals surface area contributed by atoms with Crippen LogP contribution in [-0.4, -0.2) is 22.7 Å². The highest BCUT2D eigenvalue weighted by atomic mass is 19.1. The van der Waals surface area contributed by atoms with Crippen LogP contribution in [0.3, 0.4) is 0 Å². The van der Waals surface area contributed by atoms with Gasteiger partial charge < -0.3 is 0 Å². The zero-order valence-electron chi connectivity index (χ0n) is 9.74. The lowest BCUT2D eigenvalue weighted by Gasteiger charge is -2.04. The molecule has 0 fully saturated rings. The number of hydrogen-bond acceptors (Lipinski definition) is 3. The number of nitrogens with one attached hydrogen (secondary N) is 2. The Bertz CT molecular complexity index is 537. The summed E-state index contributed by atoms with van der Waals surface area (Å²) in [6.45, 7) is 2.13. The number of hydrogen-bond donors (Lipinski definition) is 2. The molecule has 5 nitrogen and oxygen atoms in total. The number of H-pyrrole nitrogens is 1. The molecular formula is C12H12FN3O2. The first-order chi connectivity index (χ1) is 8.72. The predicted molar refractivity (Wildman–Crippen MR) is 63.1 cm³/mol. The second-order valence-electron chi connectivity index (χ2n) is 3.53. The lowest BCUT2D eigenvalue weighted by molar-refractivity contribution is 0.0365. The number of aromatic amines is 1. The number of carbonyl (C=O) groups excluding carboxylic acids is 1. The standard InChI is InChI=1S/C12H12FN3O2/c1-2-18-16-12(17)10-7-14-15-11(10)8-3-5-9(13)6-4-8/h3-7H,2H2,1H3,(H,14,15)(H,16,17). The highest BCUT2D eigenvalue weighted by Crippen LogP contribution is 2.21. The summed E-state index contributed by atoms with van der Waals surface area (Å²) in [5.74, 6) is -0.733. The Labute approximate surface area is 103 Å². The van der Waals surface area contributed by atoms with Crippen LogP contribution in [0.25, 0.3) is 11.3 Å². The summed E-state index contributed by atoms with van der Waals surface area (Å²) in [6, 6.07) is 5.78. The van der Waals surface area contributed by atoms with E-state index in [1.54, 1.807) is 19.1 Å². The summed E-state index contributed by atoms with van der Waals surface area (Å²) < 4.78 is 12.8. The van der Waals surface area contributed by atoms with E-state index in [0.29, 0.717) is 23.4 Å². The molecule has 0 radical (unpaired) electrons. The molecule has 1 amide bonds. The molecule has 2 aromatic rings. The summed E-state index contributed by atoms with van der Waals surface area (Å²) >= 11 is 0. The van der Waals surface area contributed by atoms with E-state index in [1.807, 2.05) is 0 Å². The lowest BCUT2D eigenvalue weighted by Crippen LogP contribution is -2.23. The normalized spacial score (nSPS) is 10.3. The van der Waals surface area contributed by atoms with Gasteiger partial charge in [-0.2, -0.15) is 5.10 Å². The smallest absolute Gasteiger partial charge is 0.277 e. The van der Waals surface area contributed by atoms with E-state index < -0.39 is 5.91 Å². The van der Waals surface area contributed by atoms with E-state index >= 15 is 0 Å². The molecule has 0 aliphatic rings. The molecule has 2 N–H and O–H groups in total. The minimum atomic E-state index is -0.398. The Morgan fingerprint density at radius 1 is 1.44 bits per heavy atom. The van der Waals surface area contributed by atoms with Gasteiger partial charge in [-0.05, 0) is 31.2 Å². The molecule has 0 bridgehead atoms. The minimum absolute atomic E-state index is 0.335. The Balaban J connectivity index is 2.27. The SMILES string of the molecule is CCONC(=O)c1cn[nH]c1-c1ccc(F)cc1. The van der Waals surface area contributed by atoms with Gasteiger partial charge >= 0.3 is 0 Å². The van der Waals surface area contributed by atoms with Crippen LogP contribution < -0.4 is 5.48 Å². The predicted octanol–water partition coefficient (Wildman–Crippen LogP) is 1.90. The fourth-order valence-electron chi connectivity index (χ4n) is 1.49. The first kappa shape index (κ1) is 12.3. The van der Waals surface area contributed by atoms with Crippen LogP contribution in [0.4, 0.5) is 4.39 Å². The molecule has 0 aliphatic heterocycles. The van der Waals surface area contributed by atoms with Gasteiger partial charge in [-0.25, -0.2) is 9.87 Å². The maximum atomic E-state index is 12.8. The van der Waals surface area contributed by atoms with Crippen molar-refractivity contribution in [3.8, 4) is 11.3 Å². The van der Waals surface area contributed by atoms with E-state index in [0.717, 1.165) is 0 Å². The molecule has 2 rings (SSSR count). The number of rotatable bonds is 4. The highest BCUT2D eigenvalue weighted by molar-refractivity contribution is 5.99. The van der Waals surface area contributed by atoms with Crippen LogP contribution in [0.5, 0.6) is 0 Å². The summed E-state index contributed by atoms with van der Waals surface area (Å²) in [7, 11) is 0. The molecule has 0 aliphatic carbocycles. The molecule has 0 unspecified atom stereocenters. The summed E-state index contributed by atoms with van der Waals surface area (Å²) in [4.78, 5) is 16.6. The van der Waals surface area contributed by atoms with Gasteiger partial charge in [-0.3, -0.25) is 14.7 Å². The lowest BCUT2D eigenvalue weighted by atomic mass is 10.1. The second kappa shape index (κ2) is 5.42. The van der Waals surface area contributed by atoms with Crippen LogP contribution >= 0.6 is 0 Å². The van der Waals surface area contributed by atoms with Crippen molar-refractivity contribution in [2.45, 2.75) is 6.92 Å². The number of benzene rings is 1. The van der Waals surface area contributed by atoms with Crippen molar-refractivity contribution in [1.29, 1.82) is 0 Å². The molecule has 0 saturated heterocycles. The second-order valence-corrected chi connectivity index (χ2v) is 3.53. The summed E-state index contributed by atoms with van der Waals surface area (Å²) in [6.07, 6.45) is 1.40. The van der Waals surface area contributed by atoms with Crippen molar-refractivity contribution in [2.75, 3.05) is 6.61 Å². The topological polar surface area (TPSA) is 67.0 Å². The monoisotopic (exact) mass is 249 g/mol. The van der Waals surface area contributed by atoms with Crippen molar-refractivity contribution in [2.24, 2.45) is 0 Å². The molecule has 0 spiro atoms. The molecule has 1 aromatic carbocycles. The van der Waals surface area contributed by atoms with Crippen LogP contribution in [0, 0.1) is 5.82 Å². The largest absolute Gasteiger partial charge is 0.278 e. The Morgan fingerprint density at radius 2 is 2.17 bits per heavy atom. The number of halogens is 1. The fraction of sp³-hybridized carbons (Fsp3) is 0.167. The first-order valence-corrected chi connectivity index (χ1v) is 5.43. The molecule has 0 saturated carbocycles. The maximum absolute atomic E-state index is 12.8. The van der Waals surface area contributed by atoms with Gasteiger partial charge in [0.25, 0.3) is 5.91 Å². The quantitative estimate of drug-likeness (QED) is 0.813. The number of nitrogens with zero attached hydrogens (tertiary/aromatic N) is 1. The zero-order chi connectivity index (χ0) is 13.0. The minimum Gasteiger partial charge on any atom is -0.277 e. The Kier molecular flexibility index (Phi) is 3.69. The van der Waals surface area contributed by atoms with Gasteiger partial charge in [0.1, 0.15) is 5.82 Å². The third-order valence-corrected chi connectivity index (χ3v) is 2.33. The van der Waals surface area contributed by atoms with Gasteiger partial charge in [0.2, 0.25) is 0 Å². The van der Waals surface area contributed by atoms with Crippen molar-refractivity contribution < 1.29 is 14.0 Å². The van der Waals surface area contributed by atoms with Gasteiger partial charge in [0.05, 0.1) is 24.1 Å². The van der Waals surface area contributed by atoms with Crippen LogP contribution in [0.2, 0.25) is 0 Å². The van der Waals surface area contributed by atoms with Crippen molar-refractivity contribution >= 4 is 5.91 Å². The van der Waals surface area contributed by atoms with Crippen molar-refractivity contribution in [3.05, 3.63) is 41.8 Å². The Morgan fingerprint density at radius 3 is 2.83 bits per heavy atom. The molecule has 6 heteroatoms. The van der Waals surface area contributed by atoms with Crippen LogP contribution in [0.15, 0.2) is 30.5 Å². The molecule has 94 valence electrons. The fourth-order valence-corrected chi connectivity index (χ4v) is 1.49. The maximum Gasteiger partial charge on any atom is 0.278 e. The average molecular weight is 249 g/mol. The third kappa shape index (κ3) is 2.54. The van der Waals surface area contributed by atoms with Crippen molar-refractivity contribution in [3.63, 3.8) is 0 Å². The van der Waals surface area contributed by atoms with Gasteiger partial charge in [-0.15, -0.1) is 0 Å². The molecule has 1 aromatic heterocycles. The van der Waals surface area contributed by atoms with Crippen LogP contribution in [-0.2, 0) is 4.84 Å². The number of carbonyl (C=O) groups is 1. The molecule has 1 heterocycles. The van der Waals surface area contributed by atoms with E-state index in [4.69, 9.17) is 4.84 Å². The molecule has 18 heavy (non-hydrogen) atoms. The Hall–Kier alpha value is -2.21. The summed E-state index contributed by atoms with van der Waals surface area (Å²) in [5, 5.41) is 6.52. The van der Waals surface area contributed by atoms with Gasteiger partial charge in [0.15, 0.2) is 0 Å². The van der Waals surface area contributed by atoms with E-state index in [9.17, 15) is 9.18 Å². The highest BCUT2D eigenvalue weighted by Gasteiger charge is 2.15. The van der Waals surface area contributed by atoms with Gasteiger partial charge in [-0.1, -0.05) is 0 Å². The number of aromatic nitrogens is 2. The molecule has 0 atom stereocenters. The van der Waals surface area contributed by atoms with Gasteiger partial charge in [0, 0.05) is 5.56 Å². The number of amides is 1. The average Bonchev–Trinajstić information content (AvgIpc) is 2.86. The molecular weight excluding hydrogens is 237 g/mol. The number of hydroxylamine groups is 1.